The van der Waals surface area contributed by atoms with E-state index in [1.165, 1.54) is 64.2 Å². The summed E-state index contributed by atoms with van der Waals surface area (Å²) >= 11 is 6.55. The van der Waals surface area contributed by atoms with E-state index < -0.39 is 0 Å². The first-order valence-electron chi connectivity index (χ1n) is 14.4. The molecule has 0 aliphatic heterocycles. The Kier molecular flexibility index (Phi) is 12.0. The van der Waals surface area contributed by atoms with Crippen molar-refractivity contribution in [3.05, 3.63) is 40.5 Å². The maximum atomic E-state index is 12.1. The highest BCUT2D eigenvalue weighted by molar-refractivity contribution is 6.34. The number of hydrogen-bond acceptors (Lipinski definition) is 4. The van der Waals surface area contributed by atoms with Crippen LogP contribution < -0.4 is 5.32 Å². The first-order valence-corrected chi connectivity index (χ1v) is 14.8. The lowest BCUT2D eigenvalue weighted by Crippen LogP contribution is -2.25. The van der Waals surface area contributed by atoms with E-state index in [0.717, 1.165) is 29.7 Å². The van der Waals surface area contributed by atoms with Gasteiger partial charge in [-0.1, -0.05) is 128 Å². The number of aromatic nitrogens is 4. The topological polar surface area (TPSA) is 84.3 Å². The first-order chi connectivity index (χ1) is 18.3. The normalized spacial score (nSPS) is 11.8. The van der Waals surface area contributed by atoms with Gasteiger partial charge in [0.2, 0.25) is 0 Å². The lowest BCUT2D eigenvalue weighted by molar-refractivity contribution is 0.139. The summed E-state index contributed by atoms with van der Waals surface area (Å²) in [5, 5.41) is 11.2. The van der Waals surface area contributed by atoms with Crippen LogP contribution in [-0.4, -0.2) is 32.4 Å². The second-order valence-electron chi connectivity index (χ2n) is 11.3. The van der Waals surface area contributed by atoms with Crippen LogP contribution in [0.4, 0.5) is 4.79 Å². The fourth-order valence-corrected chi connectivity index (χ4v) is 5.02. The standard InChI is InChI=1S/C30H46ClN5O2/c1-5-6-7-8-9-10-11-12-13-14-15-16-20-32-29(37)38-22-23-18-17-19-24(21-23)27-33-28-25(31)26(30(2,3)4)34-36(28)35-27/h17-19,21,34H,5-16,20,22H2,1-4H3,(H,32,37). The van der Waals surface area contributed by atoms with Crippen LogP contribution in [0, 0.1) is 0 Å². The average molecular weight is 544 g/mol. The van der Waals surface area contributed by atoms with E-state index in [1.54, 1.807) is 4.63 Å². The number of rotatable bonds is 16. The van der Waals surface area contributed by atoms with Crippen molar-refractivity contribution in [1.29, 1.82) is 0 Å². The van der Waals surface area contributed by atoms with Crippen LogP contribution in [0.5, 0.6) is 0 Å². The van der Waals surface area contributed by atoms with Gasteiger partial charge in [0.25, 0.3) is 0 Å². The molecule has 0 atom stereocenters. The molecule has 0 aliphatic carbocycles. The Labute approximate surface area is 233 Å². The van der Waals surface area contributed by atoms with Crippen molar-refractivity contribution in [2.75, 3.05) is 6.54 Å². The molecule has 2 heterocycles. The van der Waals surface area contributed by atoms with Crippen LogP contribution in [0.1, 0.15) is 116 Å². The Morgan fingerprint density at radius 3 is 2.24 bits per heavy atom. The number of amides is 1. The van der Waals surface area contributed by atoms with Crippen molar-refractivity contribution in [1.82, 2.24) is 25.1 Å². The van der Waals surface area contributed by atoms with E-state index in [4.69, 9.17) is 16.3 Å². The summed E-state index contributed by atoms with van der Waals surface area (Å²) in [6.07, 6.45) is 15.2. The summed E-state index contributed by atoms with van der Waals surface area (Å²) in [7, 11) is 0. The summed E-state index contributed by atoms with van der Waals surface area (Å²) in [5.74, 6) is 0.567. The monoisotopic (exact) mass is 543 g/mol. The number of H-pyrrole nitrogens is 1. The van der Waals surface area contributed by atoms with Crippen molar-refractivity contribution in [3.63, 3.8) is 0 Å². The summed E-state index contributed by atoms with van der Waals surface area (Å²) in [6, 6.07) is 7.71. The molecule has 7 nitrogen and oxygen atoms in total. The van der Waals surface area contributed by atoms with Gasteiger partial charge >= 0.3 is 6.09 Å². The predicted molar refractivity (Wildman–Crippen MR) is 156 cm³/mol. The number of carbonyl (C=O) groups excluding carboxylic acids is 1. The highest BCUT2D eigenvalue weighted by Gasteiger charge is 2.24. The number of alkyl carbamates (subject to hydrolysis) is 1. The molecule has 0 bridgehead atoms. The van der Waals surface area contributed by atoms with Gasteiger partial charge in [-0.15, -0.1) is 5.10 Å². The fourth-order valence-electron chi connectivity index (χ4n) is 4.57. The third-order valence-electron chi connectivity index (χ3n) is 6.85. The minimum Gasteiger partial charge on any atom is -0.445 e. The molecule has 3 aromatic rings. The highest BCUT2D eigenvalue weighted by Crippen LogP contribution is 2.31. The number of nitrogens with zero attached hydrogens (tertiary/aromatic N) is 3. The van der Waals surface area contributed by atoms with E-state index in [2.05, 4.69) is 48.2 Å². The first kappa shape index (κ1) is 30.0. The molecule has 210 valence electrons. The van der Waals surface area contributed by atoms with Gasteiger partial charge in [-0.05, 0) is 18.1 Å². The molecule has 38 heavy (non-hydrogen) atoms. The van der Waals surface area contributed by atoms with Crippen LogP contribution >= 0.6 is 11.6 Å². The fraction of sp³-hybridized carbons (Fsp3) is 0.633. The Hall–Kier alpha value is -2.54. The van der Waals surface area contributed by atoms with Crippen molar-refractivity contribution in [3.8, 4) is 11.4 Å². The SMILES string of the molecule is CCCCCCCCCCCCCCNC(=O)OCc1cccc(-c2nc3c(Cl)c(C(C)(C)C)[nH]n3n2)c1. The minimum absolute atomic E-state index is 0.135. The van der Waals surface area contributed by atoms with Gasteiger partial charge < -0.3 is 10.1 Å². The Balaban J connectivity index is 1.32. The minimum atomic E-state index is -0.381. The van der Waals surface area contributed by atoms with Gasteiger partial charge in [-0.25, -0.2) is 9.78 Å². The zero-order valence-electron chi connectivity index (χ0n) is 23.7. The number of nitrogens with one attached hydrogen (secondary N) is 2. The second kappa shape index (κ2) is 15.2. The molecule has 0 saturated heterocycles. The summed E-state index contributed by atoms with van der Waals surface area (Å²) in [5.41, 5.74) is 3.09. The maximum Gasteiger partial charge on any atom is 0.407 e. The van der Waals surface area contributed by atoms with Gasteiger partial charge in [-0.3, -0.25) is 5.10 Å². The van der Waals surface area contributed by atoms with Crippen LogP contribution in [0.2, 0.25) is 5.02 Å². The molecule has 1 aromatic carbocycles. The summed E-state index contributed by atoms with van der Waals surface area (Å²) in [6.45, 7) is 9.37. The molecule has 2 N–H and O–H groups in total. The third kappa shape index (κ3) is 9.33. The van der Waals surface area contributed by atoms with Gasteiger partial charge in [0.1, 0.15) is 11.6 Å². The second-order valence-corrected chi connectivity index (χ2v) is 11.7. The van der Waals surface area contributed by atoms with Gasteiger partial charge in [0.15, 0.2) is 11.5 Å². The zero-order chi connectivity index (χ0) is 27.4. The number of carbonyl (C=O) groups is 1. The molecule has 1 amide bonds. The molecule has 0 fully saturated rings. The van der Waals surface area contributed by atoms with E-state index in [0.29, 0.717) is 23.0 Å². The number of benzene rings is 1. The predicted octanol–water partition coefficient (Wildman–Crippen LogP) is 8.60. The molecule has 3 rings (SSSR count). The smallest absolute Gasteiger partial charge is 0.407 e. The molecular formula is C30H46ClN5O2. The van der Waals surface area contributed by atoms with Crippen molar-refractivity contribution in [2.24, 2.45) is 0 Å². The Bertz CT molecular complexity index is 1130. The summed E-state index contributed by atoms with van der Waals surface area (Å²) < 4.78 is 7.03. The number of aromatic amines is 1. The molecule has 0 aliphatic rings. The van der Waals surface area contributed by atoms with Gasteiger partial charge in [-0.2, -0.15) is 4.63 Å². The molecule has 8 heteroatoms. The quantitative estimate of drug-likeness (QED) is 0.177. The van der Waals surface area contributed by atoms with E-state index in [9.17, 15) is 4.79 Å². The molecule has 2 aromatic heterocycles. The van der Waals surface area contributed by atoms with E-state index in [1.807, 2.05) is 24.3 Å². The average Bonchev–Trinajstić information content (AvgIpc) is 3.45. The van der Waals surface area contributed by atoms with Gasteiger partial charge in [0.05, 0.1) is 5.69 Å². The Morgan fingerprint density at radius 1 is 1.00 bits per heavy atom. The molecule has 0 saturated carbocycles. The number of halogens is 1. The van der Waals surface area contributed by atoms with Crippen molar-refractivity contribution in [2.45, 2.75) is 117 Å². The van der Waals surface area contributed by atoms with Gasteiger partial charge in [0, 0.05) is 17.5 Å². The van der Waals surface area contributed by atoms with Crippen LogP contribution in [0.3, 0.4) is 0 Å². The van der Waals surface area contributed by atoms with Crippen LogP contribution in [-0.2, 0) is 16.8 Å². The molecule has 0 unspecified atom stereocenters. The molecule has 0 spiro atoms. The molecule has 0 radical (unpaired) electrons. The largest absolute Gasteiger partial charge is 0.445 e. The van der Waals surface area contributed by atoms with Crippen molar-refractivity contribution >= 4 is 23.3 Å². The summed E-state index contributed by atoms with van der Waals surface area (Å²) in [4.78, 5) is 16.7. The highest BCUT2D eigenvalue weighted by atomic mass is 35.5. The van der Waals surface area contributed by atoms with Crippen molar-refractivity contribution < 1.29 is 9.53 Å². The number of ether oxygens (including phenoxy) is 1. The number of unbranched alkanes of at least 4 members (excludes halogenated alkanes) is 11. The lowest BCUT2D eigenvalue weighted by atomic mass is 9.92. The maximum absolute atomic E-state index is 12.1. The van der Waals surface area contributed by atoms with E-state index in [-0.39, 0.29) is 18.1 Å². The number of hydrogen-bond donors (Lipinski definition) is 2. The Morgan fingerprint density at radius 2 is 1.63 bits per heavy atom. The zero-order valence-corrected chi connectivity index (χ0v) is 24.5. The number of fused-ring (bicyclic) bond motifs is 1. The lowest BCUT2D eigenvalue weighted by Gasteiger charge is -2.16. The van der Waals surface area contributed by atoms with Crippen LogP contribution in [0.25, 0.3) is 17.0 Å². The third-order valence-corrected chi connectivity index (χ3v) is 7.20. The molecular weight excluding hydrogens is 498 g/mol. The van der Waals surface area contributed by atoms with E-state index >= 15 is 0 Å². The van der Waals surface area contributed by atoms with Crippen LogP contribution in [0.15, 0.2) is 24.3 Å².